The third kappa shape index (κ3) is 7.35. The van der Waals surface area contributed by atoms with E-state index in [2.05, 4.69) is 15.0 Å². The molecule has 2 N–H and O–H groups in total. The van der Waals surface area contributed by atoms with E-state index in [0.29, 0.717) is 22.0 Å². The van der Waals surface area contributed by atoms with Crippen molar-refractivity contribution in [1.29, 1.82) is 0 Å². The summed E-state index contributed by atoms with van der Waals surface area (Å²) in [7, 11) is -4.00. The van der Waals surface area contributed by atoms with Crippen molar-refractivity contribution < 1.29 is 30.9 Å². The number of aromatic nitrogens is 1. The van der Waals surface area contributed by atoms with Gasteiger partial charge in [0.2, 0.25) is 0 Å². The minimum atomic E-state index is -4.70. The molecule has 0 unspecified atom stereocenters. The quantitative estimate of drug-likeness (QED) is 0.315. The molecule has 3 aromatic carbocycles. The Labute approximate surface area is 192 Å². The molecule has 0 amide bonds. The number of alkyl halides is 3. The molecule has 1 heterocycles. The highest BCUT2D eigenvalue weighted by atomic mass is 35.5. The molecule has 0 spiro atoms. The van der Waals surface area contributed by atoms with Crippen LogP contribution in [-0.4, -0.2) is 24.3 Å². The van der Waals surface area contributed by atoms with Gasteiger partial charge in [-0.05, 0) is 54.6 Å². The largest absolute Gasteiger partial charge is 0.573 e. The minimum absolute atomic E-state index is 0.0741. The summed E-state index contributed by atoms with van der Waals surface area (Å²) in [4.78, 5) is 4.32. The highest BCUT2D eigenvalue weighted by Gasteiger charge is 2.30. The fourth-order valence-corrected chi connectivity index (χ4v) is 3.39. The number of ether oxygens (including phenoxy) is 1. The van der Waals surface area contributed by atoms with Crippen LogP contribution in [0, 0.1) is 0 Å². The molecule has 1 aromatic heterocycles. The predicted octanol–water partition coefficient (Wildman–Crippen LogP) is 6.46. The highest BCUT2D eigenvalue weighted by Crippen LogP contribution is 2.27. The zero-order chi connectivity index (χ0) is 24.1. The van der Waals surface area contributed by atoms with Gasteiger partial charge in [-0.15, -0.1) is 13.2 Å². The molecular formula is C22H16ClF3N2O4S. The summed E-state index contributed by atoms with van der Waals surface area (Å²) in [5.74, 6) is 0.257. The van der Waals surface area contributed by atoms with Crippen LogP contribution in [-0.2, 0) is 10.1 Å². The molecule has 4 rings (SSSR count). The fraction of sp³-hybridized carbons (Fsp3) is 0.0455. The molecule has 0 fully saturated rings. The topological polar surface area (TPSA) is 88.5 Å². The standard InChI is InChI=1S/C16H10ClF3N2O.C6H6O3S/c17-13-3-1-2-10-4-9-14(22-15(10)13)21-11-5-7-12(8-6-11)23-16(18,19)20;7-10(8,9)6-4-2-1-3-5-6/h1-9H,(H,21,22);1-5H,(H,7,8,9). The molecule has 172 valence electrons. The van der Waals surface area contributed by atoms with Crippen LogP contribution in [0.4, 0.5) is 24.7 Å². The van der Waals surface area contributed by atoms with Gasteiger partial charge < -0.3 is 10.1 Å². The maximum Gasteiger partial charge on any atom is 0.573 e. The van der Waals surface area contributed by atoms with Crippen LogP contribution in [0.5, 0.6) is 5.75 Å². The Morgan fingerprint density at radius 1 is 0.879 bits per heavy atom. The Morgan fingerprint density at radius 2 is 1.55 bits per heavy atom. The van der Waals surface area contributed by atoms with Gasteiger partial charge in [0.05, 0.1) is 15.4 Å². The van der Waals surface area contributed by atoms with Crippen molar-refractivity contribution in [2.24, 2.45) is 0 Å². The molecule has 33 heavy (non-hydrogen) atoms. The summed E-state index contributed by atoms with van der Waals surface area (Å²) in [6, 6.07) is 21.9. The van der Waals surface area contributed by atoms with Crippen molar-refractivity contribution in [3.05, 3.63) is 90.0 Å². The molecule has 0 aliphatic heterocycles. The Hall–Kier alpha value is -3.34. The number of hydrogen-bond acceptors (Lipinski definition) is 5. The van der Waals surface area contributed by atoms with E-state index in [-0.39, 0.29) is 10.6 Å². The second-order valence-electron chi connectivity index (χ2n) is 6.49. The van der Waals surface area contributed by atoms with Crippen LogP contribution in [0.15, 0.2) is 89.8 Å². The van der Waals surface area contributed by atoms with Crippen LogP contribution < -0.4 is 10.1 Å². The highest BCUT2D eigenvalue weighted by molar-refractivity contribution is 7.85. The van der Waals surface area contributed by atoms with Gasteiger partial charge in [0.15, 0.2) is 0 Å². The van der Waals surface area contributed by atoms with Crippen LogP contribution in [0.1, 0.15) is 0 Å². The number of anilines is 2. The fourth-order valence-electron chi connectivity index (χ4n) is 2.66. The molecule has 11 heteroatoms. The zero-order valence-corrected chi connectivity index (χ0v) is 18.2. The molecule has 0 atom stereocenters. The Bertz CT molecular complexity index is 1330. The molecule has 4 aromatic rings. The van der Waals surface area contributed by atoms with Crippen LogP contribution >= 0.6 is 11.6 Å². The number of para-hydroxylation sites is 1. The van der Waals surface area contributed by atoms with Crippen molar-refractivity contribution in [1.82, 2.24) is 4.98 Å². The smallest absolute Gasteiger partial charge is 0.406 e. The summed E-state index contributed by atoms with van der Waals surface area (Å²) >= 11 is 6.10. The molecule has 0 saturated carbocycles. The average molecular weight is 497 g/mol. The molecule has 0 saturated heterocycles. The number of fused-ring (bicyclic) bond motifs is 1. The summed E-state index contributed by atoms with van der Waals surface area (Å²) in [6.45, 7) is 0. The van der Waals surface area contributed by atoms with E-state index in [1.165, 1.54) is 36.4 Å². The molecule has 0 aliphatic carbocycles. The second-order valence-corrected chi connectivity index (χ2v) is 8.32. The number of rotatable bonds is 4. The summed E-state index contributed by atoms with van der Waals surface area (Å²) in [6.07, 6.45) is -4.70. The summed E-state index contributed by atoms with van der Waals surface area (Å²) in [5.41, 5.74) is 1.23. The Balaban J connectivity index is 0.000000257. The number of halogens is 4. The van der Waals surface area contributed by atoms with E-state index in [1.807, 2.05) is 18.2 Å². The first-order valence-corrected chi connectivity index (χ1v) is 11.0. The van der Waals surface area contributed by atoms with E-state index in [9.17, 15) is 21.6 Å². The molecule has 0 aliphatic rings. The normalized spacial score (nSPS) is 11.4. The van der Waals surface area contributed by atoms with Crippen molar-refractivity contribution >= 4 is 44.1 Å². The lowest BCUT2D eigenvalue weighted by Crippen LogP contribution is -2.16. The number of pyridine rings is 1. The lowest BCUT2D eigenvalue weighted by Gasteiger charge is -2.10. The van der Waals surface area contributed by atoms with Gasteiger partial charge in [-0.25, -0.2) is 4.98 Å². The van der Waals surface area contributed by atoms with Gasteiger partial charge >= 0.3 is 6.36 Å². The number of nitrogens with one attached hydrogen (secondary N) is 1. The molecule has 0 bridgehead atoms. The van der Waals surface area contributed by atoms with Gasteiger partial charge in [0, 0.05) is 11.1 Å². The van der Waals surface area contributed by atoms with Gasteiger partial charge in [0.25, 0.3) is 10.1 Å². The Kier molecular flexibility index (Phi) is 7.42. The first-order chi connectivity index (χ1) is 15.5. The first kappa shape index (κ1) is 24.3. The SMILES string of the molecule is FC(F)(F)Oc1ccc(Nc2ccc3cccc(Cl)c3n2)cc1.O=S(=O)(O)c1ccccc1. The Morgan fingerprint density at radius 3 is 2.12 bits per heavy atom. The molecule has 6 nitrogen and oxygen atoms in total. The van der Waals surface area contributed by atoms with E-state index in [0.717, 1.165) is 5.39 Å². The average Bonchev–Trinajstić information content (AvgIpc) is 2.75. The van der Waals surface area contributed by atoms with Gasteiger partial charge in [0.1, 0.15) is 11.6 Å². The van der Waals surface area contributed by atoms with Gasteiger partial charge in [-0.3, -0.25) is 4.55 Å². The van der Waals surface area contributed by atoms with Crippen molar-refractivity contribution in [3.63, 3.8) is 0 Å². The molecule has 0 radical (unpaired) electrons. The summed E-state index contributed by atoms with van der Waals surface area (Å²) in [5, 5.41) is 4.43. The zero-order valence-electron chi connectivity index (χ0n) is 16.6. The van der Waals surface area contributed by atoms with E-state index in [1.54, 1.807) is 30.3 Å². The van der Waals surface area contributed by atoms with Crippen LogP contribution in [0.25, 0.3) is 10.9 Å². The van der Waals surface area contributed by atoms with Gasteiger partial charge in [-0.1, -0.05) is 41.9 Å². The number of nitrogens with zero attached hydrogens (tertiary/aromatic N) is 1. The maximum absolute atomic E-state index is 12.1. The maximum atomic E-state index is 12.1. The minimum Gasteiger partial charge on any atom is -0.406 e. The number of hydrogen-bond donors (Lipinski definition) is 2. The first-order valence-electron chi connectivity index (χ1n) is 9.22. The third-order valence-electron chi connectivity index (χ3n) is 4.07. The lowest BCUT2D eigenvalue weighted by atomic mass is 10.2. The predicted molar refractivity (Wildman–Crippen MR) is 119 cm³/mol. The molecular weight excluding hydrogens is 481 g/mol. The van der Waals surface area contributed by atoms with Crippen LogP contribution in [0.3, 0.4) is 0 Å². The third-order valence-corrected chi connectivity index (χ3v) is 5.25. The number of benzene rings is 3. The van der Waals surface area contributed by atoms with Gasteiger partial charge in [-0.2, -0.15) is 8.42 Å². The second kappa shape index (κ2) is 10.1. The van der Waals surface area contributed by atoms with E-state index in [4.69, 9.17) is 16.2 Å². The lowest BCUT2D eigenvalue weighted by molar-refractivity contribution is -0.274. The van der Waals surface area contributed by atoms with Crippen molar-refractivity contribution in [2.75, 3.05) is 5.32 Å². The van der Waals surface area contributed by atoms with Crippen LogP contribution in [0.2, 0.25) is 5.02 Å². The van der Waals surface area contributed by atoms with E-state index < -0.39 is 16.5 Å². The van der Waals surface area contributed by atoms with Crippen molar-refractivity contribution in [3.8, 4) is 5.75 Å². The summed E-state index contributed by atoms with van der Waals surface area (Å²) < 4.78 is 69.4. The monoisotopic (exact) mass is 496 g/mol. The van der Waals surface area contributed by atoms with Crippen molar-refractivity contribution in [2.45, 2.75) is 11.3 Å². The van der Waals surface area contributed by atoms with E-state index >= 15 is 0 Å².